The summed E-state index contributed by atoms with van der Waals surface area (Å²) in [4.78, 5) is 43.6. The Labute approximate surface area is 184 Å². The molecule has 0 unspecified atom stereocenters. The number of ether oxygens (including phenoxy) is 1. The van der Waals surface area contributed by atoms with E-state index in [4.69, 9.17) is 4.74 Å². The quantitative estimate of drug-likeness (QED) is 0.711. The number of carbonyl (C=O) groups is 3. The summed E-state index contributed by atoms with van der Waals surface area (Å²) in [6, 6.07) is 5.45. The molecule has 3 heterocycles. The number of hydrogen-bond acceptors (Lipinski definition) is 6. The Hall–Kier alpha value is -2.94. The molecular formula is C22H24N4O4S. The Morgan fingerprint density at radius 1 is 1.39 bits per heavy atom. The SMILES string of the molecule is C[C@@H]1CCCC[C@@]12NC(=O)N(CC(=O)Nc1nc(-c3ccc4c(c3)CCO4)cs1)C2=O. The van der Waals surface area contributed by atoms with E-state index in [2.05, 4.69) is 21.7 Å². The van der Waals surface area contributed by atoms with Crippen LogP contribution in [0.5, 0.6) is 5.75 Å². The van der Waals surface area contributed by atoms with Gasteiger partial charge in [0.15, 0.2) is 5.13 Å². The molecule has 2 aromatic rings. The standard InChI is InChI=1S/C22H24N4O4S/c1-13-4-2-3-8-22(13)19(28)26(21(29)25-22)11-18(27)24-20-23-16(12-31-20)14-5-6-17-15(10-14)7-9-30-17/h5-6,10,12-13H,2-4,7-9,11H2,1H3,(H,25,29)(H,23,24,27)/t13-,22-/m1/s1. The lowest BCUT2D eigenvalue weighted by atomic mass is 9.73. The van der Waals surface area contributed by atoms with Crippen molar-refractivity contribution in [3.8, 4) is 17.0 Å². The fourth-order valence-corrected chi connectivity index (χ4v) is 5.49. The van der Waals surface area contributed by atoms with Crippen LogP contribution in [0.25, 0.3) is 11.3 Å². The second-order valence-corrected chi connectivity index (χ2v) is 9.30. The highest BCUT2D eigenvalue weighted by molar-refractivity contribution is 7.14. The fourth-order valence-electron chi connectivity index (χ4n) is 4.75. The van der Waals surface area contributed by atoms with Crippen molar-refractivity contribution in [3.63, 3.8) is 0 Å². The maximum absolute atomic E-state index is 13.0. The molecule has 162 valence electrons. The largest absolute Gasteiger partial charge is 0.493 e. The van der Waals surface area contributed by atoms with Gasteiger partial charge in [0, 0.05) is 17.4 Å². The first-order valence-corrected chi connectivity index (χ1v) is 11.5. The highest BCUT2D eigenvalue weighted by Crippen LogP contribution is 2.38. The van der Waals surface area contributed by atoms with Crippen LogP contribution >= 0.6 is 11.3 Å². The van der Waals surface area contributed by atoms with Crippen LogP contribution in [-0.4, -0.2) is 46.4 Å². The van der Waals surface area contributed by atoms with Crippen molar-refractivity contribution in [1.82, 2.24) is 15.2 Å². The number of anilines is 1. The van der Waals surface area contributed by atoms with E-state index in [1.165, 1.54) is 11.3 Å². The molecule has 1 aromatic heterocycles. The van der Waals surface area contributed by atoms with E-state index in [0.29, 0.717) is 18.2 Å². The lowest BCUT2D eigenvalue weighted by Crippen LogP contribution is -2.54. The highest BCUT2D eigenvalue weighted by Gasteiger charge is 2.55. The molecule has 31 heavy (non-hydrogen) atoms. The monoisotopic (exact) mass is 440 g/mol. The number of imide groups is 1. The number of fused-ring (bicyclic) bond motifs is 1. The van der Waals surface area contributed by atoms with Crippen LogP contribution in [0, 0.1) is 5.92 Å². The number of amides is 4. The van der Waals surface area contributed by atoms with E-state index < -0.39 is 17.5 Å². The zero-order valence-corrected chi connectivity index (χ0v) is 18.1. The molecule has 2 fully saturated rings. The van der Waals surface area contributed by atoms with Gasteiger partial charge in [-0.3, -0.25) is 14.5 Å². The Morgan fingerprint density at radius 2 is 2.26 bits per heavy atom. The lowest BCUT2D eigenvalue weighted by molar-refractivity contribution is -0.136. The average Bonchev–Trinajstić information content (AvgIpc) is 3.46. The van der Waals surface area contributed by atoms with E-state index in [-0.39, 0.29) is 18.4 Å². The summed E-state index contributed by atoms with van der Waals surface area (Å²) in [6.07, 6.45) is 4.34. The molecule has 1 saturated carbocycles. The zero-order chi connectivity index (χ0) is 21.6. The second kappa shape index (κ2) is 7.64. The summed E-state index contributed by atoms with van der Waals surface area (Å²) >= 11 is 1.31. The average molecular weight is 441 g/mol. The second-order valence-electron chi connectivity index (χ2n) is 8.45. The molecule has 1 saturated heterocycles. The summed E-state index contributed by atoms with van der Waals surface area (Å²) in [5, 5.41) is 7.90. The molecule has 8 nitrogen and oxygen atoms in total. The molecule has 5 rings (SSSR count). The maximum Gasteiger partial charge on any atom is 0.325 e. The molecule has 2 N–H and O–H groups in total. The molecular weight excluding hydrogens is 416 g/mol. The van der Waals surface area contributed by atoms with E-state index in [1.807, 2.05) is 24.4 Å². The number of aromatic nitrogens is 1. The Morgan fingerprint density at radius 3 is 3.10 bits per heavy atom. The van der Waals surface area contributed by atoms with Crippen molar-refractivity contribution >= 4 is 34.3 Å². The van der Waals surface area contributed by atoms with Crippen LogP contribution in [0.15, 0.2) is 23.6 Å². The topological polar surface area (TPSA) is 101 Å². The third kappa shape index (κ3) is 3.46. The van der Waals surface area contributed by atoms with E-state index in [0.717, 1.165) is 53.2 Å². The minimum Gasteiger partial charge on any atom is -0.493 e. The van der Waals surface area contributed by atoms with Gasteiger partial charge in [-0.15, -0.1) is 11.3 Å². The van der Waals surface area contributed by atoms with Crippen molar-refractivity contribution in [2.45, 2.75) is 44.6 Å². The molecule has 1 aliphatic carbocycles. The molecule has 2 atom stereocenters. The maximum atomic E-state index is 13.0. The Bertz CT molecular complexity index is 1070. The predicted octanol–water partition coefficient (Wildman–Crippen LogP) is 3.18. The Balaban J connectivity index is 1.25. The molecule has 0 bridgehead atoms. The number of nitrogens with zero attached hydrogens (tertiary/aromatic N) is 2. The smallest absolute Gasteiger partial charge is 0.325 e. The molecule has 4 amide bonds. The number of hydrogen-bond donors (Lipinski definition) is 2. The van der Waals surface area contributed by atoms with Gasteiger partial charge in [-0.25, -0.2) is 9.78 Å². The van der Waals surface area contributed by atoms with E-state index >= 15 is 0 Å². The van der Waals surface area contributed by atoms with Gasteiger partial charge in [-0.05, 0) is 42.5 Å². The van der Waals surface area contributed by atoms with Crippen molar-refractivity contribution in [1.29, 1.82) is 0 Å². The van der Waals surface area contributed by atoms with Gasteiger partial charge in [0.25, 0.3) is 5.91 Å². The number of benzene rings is 1. The minimum absolute atomic E-state index is 0.0602. The Kier molecular flexibility index (Phi) is 4.92. The molecule has 2 aliphatic heterocycles. The van der Waals surface area contributed by atoms with Crippen LogP contribution in [0.2, 0.25) is 0 Å². The van der Waals surface area contributed by atoms with Crippen LogP contribution in [0.1, 0.15) is 38.2 Å². The zero-order valence-electron chi connectivity index (χ0n) is 17.3. The first kappa shape index (κ1) is 20.0. The van der Waals surface area contributed by atoms with Gasteiger partial charge >= 0.3 is 6.03 Å². The van der Waals surface area contributed by atoms with Crippen LogP contribution in [0.3, 0.4) is 0 Å². The summed E-state index contributed by atoms with van der Waals surface area (Å²) in [5.41, 5.74) is 2.02. The van der Waals surface area contributed by atoms with Gasteiger partial charge in [0.05, 0.1) is 12.3 Å². The molecule has 9 heteroatoms. The summed E-state index contributed by atoms with van der Waals surface area (Å²) < 4.78 is 5.54. The highest BCUT2D eigenvalue weighted by atomic mass is 32.1. The van der Waals surface area contributed by atoms with Crippen LogP contribution in [-0.2, 0) is 16.0 Å². The van der Waals surface area contributed by atoms with Crippen molar-refractivity contribution < 1.29 is 19.1 Å². The number of urea groups is 1. The number of carbonyl (C=O) groups excluding carboxylic acids is 3. The molecule has 3 aliphatic rings. The van der Waals surface area contributed by atoms with Gasteiger partial charge in [-0.2, -0.15) is 0 Å². The van der Waals surface area contributed by atoms with Gasteiger partial charge in [0.1, 0.15) is 17.8 Å². The third-order valence-electron chi connectivity index (χ3n) is 6.54. The summed E-state index contributed by atoms with van der Waals surface area (Å²) in [7, 11) is 0. The van der Waals surface area contributed by atoms with Gasteiger partial charge < -0.3 is 15.4 Å². The molecule has 1 spiro atoms. The van der Waals surface area contributed by atoms with Gasteiger partial charge in [0.2, 0.25) is 5.91 Å². The summed E-state index contributed by atoms with van der Waals surface area (Å²) in [5.74, 6) is 0.239. The van der Waals surface area contributed by atoms with Crippen molar-refractivity contribution in [2.24, 2.45) is 5.92 Å². The first-order valence-electron chi connectivity index (χ1n) is 10.6. The fraction of sp³-hybridized carbons (Fsp3) is 0.455. The summed E-state index contributed by atoms with van der Waals surface area (Å²) in [6.45, 7) is 2.37. The van der Waals surface area contributed by atoms with E-state index in [9.17, 15) is 14.4 Å². The van der Waals surface area contributed by atoms with Crippen molar-refractivity contribution in [3.05, 3.63) is 29.1 Å². The first-order chi connectivity index (χ1) is 15.0. The van der Waals surface area contributed by atoms with Crippen molar-refractivity contribution in [2.75, 3.05) is 18.5 Å². The lowest BCUT2D eigenvalue weighted by Gasteiger charge is -2.36. The van der Waals surface area contributed by atoms with E-state index in [1.54, 1.807) is 0 Å². The minimum atomic E-state index is -0.860. The number of nitrogens with one attached hydrogen (secondary N) is 2. The third-order valence-corrected chi connectivity index (χ3v) is 7.30. The van der Waals surface area contributed by atoms with Gasteiger partial charge in [-0.1, -0.05) is 19.8 Å². The predicted molar refractivity (Wildman–Crippen MR) is 116 cm³/mol. The number of rotatable bonds is 4. The normalized spacial score (nSPS) is 24.8. The molecule has 0 radical (unpaired) electrons. The van der Waals surface area contributed by atoms with Crippen LogP contribution in [0.4, 0.5) is 9.93 Å². The van der Waals surface area contributed by atoms with Crippen LogP contribution < -0.4 is 15.4 Å². The molecule has 1 aromatic carbocycles. The number of thiazole rings is 1.